The summed E-state index contributed by atoms with van der Waals surface area (Å²) >= 11 is 0. The number of sulfonamides is 1. The van der Waals surface area contributed by atoms with Crippen molar-refractivity contribution < 1.29 is 37.0 Å². The number of nitrogens with one attached hydrogen (secondary N) is 1. The molecule has 2 aromatic rings. The van der Waals surface area contributed by atoms with E-state index in [-0.39, 0.29) is 22.7 Å². The maximum Gasteiger partial charge on any atom is 0.340 e. The highest BCUT2D eigenvalue weighted by Crippen LogP contribution is 2.34. The van der Waals surface area contributed by atoms with Crippen LogP contribution in [0.5, 0.6) is 17.2 Å². The number of rotatable bonds is 8. The minimum atomic E-state index is -3.81. The maximum absolute atomic E-state index is 13.3. The van der Waals surface area contributed by atoms with E-state index in [9.17, 15) is 18.0 Å². The zero-order valence-electron chi connectivity index (χ0n) is 20.4. The summed E-state index contributed by atoms with van der Waals surface area (Å²) in [5.41, 5.74) is 0.974. The van der Waals surface area contributed by atoms with Gasteiger partial charge in [0.15, 0.2) is 11.5 Å². The van der Waals surface area contributed by atoms with Crippen LogP contribution in [-0.2, 0) is 19.6 Å². The van der Waals surface area contributed by atoms with Gasteiger partial charge in [0.1, 0.15) is 5.75 Å². The summed E-state index contributed by atoms with van der Waals surface area (Å²) in [5, 5.41) is 2.74. The topological polar surface area (TPSA) is 120 Å². The summed E-state index contributed by atoms with van der Waals surface area (Å²) in [7, 11) is 1.81. The molecule has 1 N–H and O–H groups in total. The van der Waals surface area contributed by atoms with Gasteiger partial charge in [-0.1, -0.05) is 0 Å². The maximum atomic E-state index is 13.3. The van der Waals surface area contributed by atoms with Crippen LogP contribution in [0, 0.1) is 12.8 Å². The lowest BCUT2D eigenvalue weighted by Crippen LogP contribution is -2.43. The third kappa shape index (κ3) is 5.51. The summed E-state index contributed by atoms with van der Waals surface area (Å²) in [6.45, 7) is 2.09. The quantitative estimate of drug-likeness (QED) is 0.543. The van der Waals surface area contributed by atoms with Crippen LogP contribution < -0.4 is 19.5 Å². The van der Waals surface area contributed by atoms with E-state index in [0.717, 1.165) is 0 Å². The zero-order chi connectivity index (χ0) is 25.8. The second-order valence-corrected chi connectivity index (χ2v) is 10.0. The molecule has 0 aliphatic carbocycles. The van der Waals surface area contributed by atoms with Crippen LogP contribution in [0.4, 0.5) is 5.69 Å². The van der Waals surface area contributed by atoms with Crippen molar-refractivity contribution in [2.45, 2.75) is 24.7 Å². The van der Waals surface area contributed by atoms with E-state index >= 15 is 0 Å². The standard InChI is InChI=1S/C24H30N2O8S/c1-15-11-17(8-9-20(15)31-2)35(29,30)26-10-6-7-16(14-26)23(27)25-19-13-22(33-4)21(32-3)12-18(19)24(28)34-5/h8-9,11-13,16H,6-7,10,14H2,1-5H3,(H,25,27)/t16-/m0/s1. The monoisotopic (exact) mass is 506 g/mol. The highest BCUT2D eigenvalue weighted by Gasteiger charge is 2.34. The Morgan fingerprint density at radius 2 is 1.63 bits per heavy atom. The Balaban J connectivity index is 1.84. The Hall–Kier alpha value is -3.31. The van der Waals surface area contributed by atoms with Gasteiger partial charge in [0.2, 0.25) is 15.9 Å². The van der Waals surface area contributed by atoms with E-state index in [1.807, 2.05) is 0 Å². The molecule has 0 spiro atoms. The van der Waals surface area contributed by atoms with Gasteiger partial charge in [-0.25, -0.2) is 13.2 Å². The Morgan fingerprint density at radius 1 is 0.971 bits per heavy atom. The second kappa shape index (κ2) is 11.0. The first kappa shape index (κ1) is 26.3. The number of benzene rings is 2. The summed E-state index contributed by atoms with van der Waals surface area (Å²) in [5.74, 6) is -0.474. The molecule has 1 fully saturated rings. The van der Waals surface area contributed by atoms with E-state index in [4.69, 9.17) is 18.9 Å². The highest BCUT2D eigenvalue weighted by atomic mass is 32.2. The fraction of sp³-hybridized carbons (Fsp3) is 0.417. The average Bonchev–Trinajstić information content (AvgIpc) is 2.87. The zero-order valence-corrected chi connectivity index (χ0v) is 21.2. The summed E-state index contributed by atoms with van der Waals surface area (Å²) in [6.07, 6.45) is 1.02. The van der Waals surface area contributed by atoms with Crippen LogP contribution in [0.3, 0.4) is 0 Å². The van der Waals surface area contributed by atoms with Gasteiger partial charge in [0, 0.05) is 25.2 Å². The summed E-state index contributed by atoms with van der Waals surface area (Å²) < 4.78 is 48.4. The Labute approximate surface area is 205 Å². The molecule has 0 unspecified atom stereocenters. The molecule has 0 aromatic heterocycles. The molecule has 10 nitrogen and oxygen atoms in total. The molecule has 1 aliphatic rings. The van der Waals surface area contributed by atoms with Crippen LogP contribution in [0.2, 0.25) is 0 Å². The van der Waals surface area contributed by atoms with Gasteiger partial charge in [-0.2, -0.15) is 4.31 Å². The number of methoxy groups -OCH3 is 4. The molecular formula is C24H30N2O8S. The third-order valence-corrected chi connectivity index (χ3v) is 7.81. The predicted molar refractivity (Wildman–Crippen MR) is 129 cm³/mol. The van der Waals surface area contributed by atoms with Gasteiger partial charge < -0.3 is 24.3 Å². The molecule has 11 heteroatoms. The fourth-order valence-electron chi connectivity index (χ4n) is 4.03. The van der Waals surface area contributed by atoms with Crippen molar-refractivity contribution in [1.82, 2.24) is 4.31 Å². The number of ether oxygens (including phenoxy) is 4. The summed E-state index contributed by atoms with van der Waals surface area (Å²) in [4.78, 5) is 25.6. The van der Waals surface area contributed by atoms with E-state index in [0.29, 0.717) is 42.2 Å². The Morgan fingerprint density at radius 3 is 2.23 bits per heavy atom. The molecule has 0 bridgehead atoms. The van der Waals surface area contributed by atoms with E-state index in [1.54, 1.807) is 19.1 Å². The van der Waals surface area contributed by atoms with E-state index in [2.05, 4.69) is 5.32 Å². The minimum absolute atomic E-state index is 0.0140. The SMILES string of the molecule is COC(=O)c1cc(OC)c(OC)cc1NC(=O)[C@H]1CCCN(S(=O)(=O)c2ccc(OC)c(C)c2)C1. The molecule has 1 atom stereocenters. The number of hydrogen-bond donors (Lipinski definition) is 1. The number of hydrogen-bond acceptors (Lipinski definition) is 8. The minimum Gasteiger partial charge on any atom is -0.496 e. The average molecular weight is 507 g/mol. The van der Waals surface area contributed by atoms with Crippen LogP contribution >= 0.6 is 0 Å². The molecule has 2 aromatic carbocycles. The Bertz CT molecular complexity index is 1210. The molecule has 0 radical (unpaired) electrons. The van der Waals surface area contributed by atoms with Gasteiger partial charge >= 0.3 is 5.97 Å². The molecule has 1 heterocycles. The van der Waals surface area contributed by atoms with Crippen molar-refractivity contribution >= 4 is 27.6 Å². The van der Waals surface area contributed by atoms with Crippen molar-refractivity contribution in [2.24, 2.45) is 5.92 Å². The van der Waals surface area contributed by atoms with Crippen molar-refractivity contribution in [2.75, 3.05) is 46.8 Å². The molecule has 35 heavy (non-hydrogen) atoms. The first-order chi connectivity index (χ1) is 16.7. The van der Waals surface area contributed by atoms with Crippen molar-refractivity contribution in [3.8, 4) is 17.2 Å². The number of amides is 1. The van der Waals surface area contributed by atoms with E-state index < -0.39 is 27.8 Å². The normalized spacial score (nSPS) is 16.3. The number of nitrogens with zero attached hydrogens (tertiary/aromatic N) is 1. The number of esters is 1. The fourth-order valence-corrected chi connectivity index (χ4v) is 5.64. The second-order valence-electron chi connectivity index (χ2n) is 8.07. The number of aryl methyl sites for hydroxylation is 1. The molecule has 190 valence electrons. The molecule has 3 rings (SSSR count). The predicted octanol–water partition coefficient (Wildman–Crippen LogP) is 2.85. The van der Waals surface area contributed by atoms with Gasteiger partial charge in [0.05, 0.1) is 50.5 Å². The van der Waals surface area contributed by atoms with Gasteiger partial charge in [-0.15, -0.1) is 0 Å². The van der Waals surface area contributed by atoms with Crippen molar-refractivity contribution in [3.05, 3.63) is 41.5 Å². The van der Waals surface area contributed by atoms with Crippen molar-refractivity contribution in [1.29, 1.82) is 0 Å². The number of anilines is 1. The Kier molecular flexibility index (Phi) is 8.23. The molecular weight excluding hydrogens is 476 g/mol. The lowest BCUT2D eigenvalue weighted by atomic mass is 9.98. The molecule has 1 saturated heterocycles. The summed E-state index contributed by atoms with van der Waals surface area (Å²) in [6, 6.07) is 7.56. The molecule has 0 saturated carbocycles. The van der Waals surface area contributed by atoms with E-state index in [1.165, 1.54) is 50.9 Å². The number of carbonyl (C=O) groups excluding carboxylic acids is 2. The number of carbonyl (C=O) groups is 2. The number of piperidine rings is 1. The first-order valence-electron chi connectivity index (χ1n) is 11.0. The van der Waals surface area contributed by atoms with Crippen LogP contribution in [0.15, 0.2) is 35.2 Å². The van der Waals surface area contributed by atoms with Crippen molar-refractivity contribution in [3.63, 3.8) is 0 Å². The van der Waals surface area contributed by atoms with Crippen LogP contribution in [0.25, 0.3) is 0 Å². The van der Waals surface area contributed by atoms with Gasteiger partial charge in [-0.3, -0.25) is 4.79 Å². The molecule has 1 amide bonds. The lowest BCUT2D eigenvalue weighted by Gasteiger charge is -2.31. The van der Waals surface area contributed by atoms with Crippen LogP contribution in [0.1, 0.15) is 28.8 Å². The van der Waals surface area contributed by atoms with Crippen LogP contribution in [-0.4, -0.2) is 66.1 Å². The van der Waals surface area contributed by atoms with Gasteiger partial charge in [0.25, 0.3) is 0 Å². The largest absolute Gasteiger partial charge is 0.496 e. The third-order valence-electron chi connectivity index (χ3n) is 5.95. The smallest absolute Gasteiger partial charge is 0.340 e. The highest BCUT2D eigenvalue weighted by molar-refractivity contribution is 7.89. The molecule has 1 aliphatic heterocycles. The van der Waals surface area contributed by atoms with Gasteiger partial charge in [-0.05, 0) is 43.5 Å². The first-order valence-corrected chi connectivity index (χ1v) is 12.4. The lowest BCUT2D eigenvalue weighted by molar-refractivity contribution is -0.120.